The highest BCUT2D eigenvalue weighted by Gasteiger charge is 2.17. The SMILES string of the molecule is CN(CCc1noc(-c2ccc(C(=O)NCCN3CCCCCC3)cc2)n1)C(=O)c1ccccc1F. The number of nitrogens with one attached hydrogen (secondary N) is 1. The molecule has 1 fully saturated rings. The van der Waals surface area contributed by atoms with E-state index in [1.807, 2.05) is 0 Å². The standard InChI is InChI=1S/C27H32FN5O3/c1-32(27(35)22-8-4-5-9-23(22)28)18-14-24-30-26(36-31-24)21-12-10-20(11-13-21)25(34)29-15-19-33-16-6-2-3-7-17-33/h4-5,8-13H,2-3,6-7,14-19H2,1H3,(H,29,34). The van der Waals surface area contributed by atoms with Gasteiger partial charge < -0.3 is 19.6 Å². The van der Waals surface area contributed by atoms with Crippen LogP contribution in [-0.4, -0.2) is 71.5 Å². The van der Waals surface area contributed by atoms with Crippen molar-refractivity contribution in [2.45, 2.75) is 32.1 Å². The quantitative estimate of drug-likeness (QED) is 0.488. The van der Waals surface area contributed by atoms with Crippen LogP contribution in [0.2, 0.25) is 0 Å². The lowest BCUT2D eigenvalue weighted by Crippen LogP contribution is -2.35. The van der Waals surface area contributed by atoms with Crippen LogP contribution in [0.5, 0.6) is 0 Å². The number of benzene rings is 2. The third-order valence-electron chi connectivity index (χ3n) is 6.40. The molecule has 0 bridgehead atoms. The van der Waals surface area contributed by atoms with E-state index in [2.05, 4.69) is 20.4 Å². The number of halogens is 1. The highest BCUT2D eigenvalue weighted by molar-refractivity contribution is 5.95. The molecule has 0 unspecified atom stereocenters. The zero-order valence-electron chi connectivity index (χ0n) is 20.6. The molecule has 1 aliphatic heterocycles. The number of amides is 2. The third-order valence-corrected chi connectivity index (χ3v) is 6.40. The predicted octanol–water partition coefficient (Wildman–Crippen LogP) is 3.80. The fourth-order valence-corrected chi connectivity index (χ4v) is 4.24. The molecule has 190 valence electrons. The van der Waals surface area contributed by atoms with Gasteiger partial charge in [0.2, 0.25) is 0 Å². The number of nitrogens with zero attached hydrogens (tertiary/aromatic N) is 4. The minimum atomic E-state index is -0.550. The van der Waals surface area contributed by atoms with E-state index in [0.29, 0.717) is 42.4 Å². The summed E-state index contributed by atoms with van der Waals surface area (Å²) < 4.78 is 19.2. The summed E-state index contributed by atoms with van der Waals surface area (Å²) in [5.74, 6) is -0.289. The Bertz CT molecular complexity index is 1160. The average molecular weight is 494 g/mol. The molecule has 0 aliphatic carbocycles. The maximum Gasteiger partial charge on any atom is 0.257 e. The number of likely N-dealkylation sites (tertiary alicyclic amines) is 1. The first-order valence-corrected chi connectivity index (χ1v) is 12.4. The normalized spacial score (nSPS) is 14.3. The lowest BCUT2D eigenvalue weighted by atomic mass is 10.1. The van der Waals surface area contributed by atoms with Crippen LogP contribution in [0.3, 0.4) is 0 Å². The maximum absolute atomic E-state index is 13.9. The fourth-order valence-electron chi connectivity index (χ4n) is 4.24. The third kappa shape index (κ3) is 6.75. The maximum atomic E-state index is 13.9. The second kappa shape index (κ2) is 12.4. The van der Waals surface area contributed by atoms with E-state index >= 15 is 0 Å². The van der Waals surface area contributed by atoms with Gasteiger partial charge in [-0.25, -0.2) is 4.39 Å². The molecular formula is C27H32FN5O3. The molecule has 1 N–H and O–H groups in total. The second-order valence-electron chi connectivity index (χ2n) is 9.06. The predicted molar refractivity (Wildman–Crippen MR) is 134 cm³/mol. The summed E-state index contributed by atoms with van der Waals surface area (Å²) in [4.78, 5) is 33.2. The van der Waals surface area contributed by atoms with Gasteiger partial charge in [-0.1, -0.05) is 30.1 Å². The Kier molecular flexibility index (Phi) is 8.78. The Hall–Kier alpha value is -3.59. The summed E-state index contributed by atoms with van der Waals surface area (Å²) in [5, 5.41) is 6.98. The molecular weight excluding hydrogens is 461 g/mol. The summed E-state index contributed by atoms with van der Waals surface area (Å²) in [6.45, 7) is 4.02. The monoisotopic (exact) mass is 493 g/mol. The Morgan fingerprint density at radius 2 is 1.78 bits per heavy atom. The van der Waals surface area contributed by atoms with Gasteiger partial charge >= 0.3 is 0 Å². The lowest BCUT2D eigenvalue weighted by Gasteiger charge is -2.19. The van der Waals surface area contributed by atoms with E-state index < -0.39 is 11.7 Å². The minimum absolute atomic E-state index is 0.0277. The molecule has 0 saturated carbocycles. The second-order valence-corrected chi connectivity index (χ2v) is 9.06. The fraction of sp³-hybridized carbons (Fsp3) is 0.407. The van der Waals surface area contributed by atoms with Gasteiger partial charge in [0.1, 0.15) is 5.82 Å². The molecule has 8 nitrogen and oxygen atoms in total. The molecule has 1 aromatic heterocycles. The number of carbonyl (C=O) groups excluding carboxylic acids is 2. The van der Waals surface area contributed by atoms with Crippen LogP contribution in [-0.2, 0) is 6.42 Å². The number of aromatic nitrogens is 2. The number of rotatable bonds is 9. The van der Waals surface area contributed by atoms with E-state index in [1.165, 1.54) is 42.7 Å². The van der Waals surface area contributed by atoms with Crippen LogP contribution < -0.4 is 5.32 Å². The van der Waals surface area contributed by atoms with Gasteiger partial charge in [0, 0.05) is 44.2 Å². The molecule has 1 saturated heterocycles. The largest absolute Gasteiger partial charge is 0.351 e. The highest BCUT2D eigenvalue weighted by Crippen LogP contribution is 2.18. The molecule has 2 amide bonds. The summed E-state index contributed by atoms with van der Waals surface area (Å²) in [7, 11) is 1.60. The van der Waals surface area contributed by atoms with Crippen molar-refractivity contribution in [2.24, 2.45) is 0 Å². The van der Waals surface area contributed by atoms with E-state index in [-0.39, 0.29) is 11.5 Å². The van der Waals surface area contributed by atoms with Crippen LogP contribution >= 0.6 is 0 Å². The molecule has 2 aromatic carbocycles. The van der Waals surface area contributed by atoms with Gasteiger partial charge in [0.25, 0.3) is 17.7 Å². The zero-order valence-corrected chi connectivity index (χ0v) is 20.6. The molecule has 4 rings (SSSR count). The lowest BCUT2D eigenvalue weighted by molar-refractivity contribution is 0.0790. The first-order valence-electron chi connectivity index (χ1n) is 12.4. The Morgan fingerprint density at radius 3 is 2.50 bits per heavy atom. The summed E-state index contributed by atoms with van der Waals surface area (Å²) >= 11 is 0. The van der Waals surface area contributed by atoms with Crippen LogP contribution in [0, 0.1) is 5.82 Å². The van der Waals surface area contributed by atoms with Crippen molar-refractivity contribution in [1.29, 1.82) is 0 Å². The first kappa shape index (κ1) is 25.5. The van der Waals surface area contributed by atoms with E-state index in [4.69, 9.17) is 4.52 Å². The van der Waals surface area contributed by atoms with E-state index in [0.717, 1.165) is 19.6 Å². The van der Waals surface area contributed by atoms with Crippen molar-refractivity contribution < 1.29 is 18.5 Å². The van der Waals surface area contributed by atoms with Gasteiger partial charge in [-0.3, -0.25) is 9.59 Å². The van der Waals surface area contributed by atoms with Crippen molar-refractivity contribution in [3.63, 3.8) is 0 Å². The van der Waals surface area contributed by atoms with Crippen LogP contribution in [0.1, 0.15) is 52.2 Å². The molecule has 0 atom stereocenters. The number of likely N-dealkylation sites (N-methyl/N-ethyl adjacent to an activating group) is 1. The van der Waals surface area contributed by atoms with E-state index in [9.17, 15) is 14.0 Å². The molecule has 0 radical (unpaired) electrons. The Labute approximate surface area is 210 Å². The Morgan fingerprint density at radius 1 is 1.06 bits per heavy atom. The number of hydrogen-bond acceptors (Lipinski definition) is 6. The van der Waals surface area contributed by atoms with Gasteiger partial charge in [0.15, 0.2) is 5.82 Å². The van der Waals surface area contributed by atoms with Crippen LogP contribution in [0.15, 0.2) is 53.1 Å². The molecule has 0 spiro atoms. The van der Waals surface area contributed by atoms with Crippen molar-refractivity contribution >= 4 is 11.8 Å². The van der Waals surface area contributed by atoms with Gasteiger partial charge in [0.05, 0.1) is 5.56 Å². The first-order chi connectivity index (χ1) is 17.5. The van der Waals surface area contributed by atoms with Crippen molar-refractivity contribution in [3.05, 3.63) is 71.3 Å². The van der Waals surface area contributed by atoms with Crippen molar-refractivity contribution in [3.8, 4) is 11.5 Å². The molecule has 9 heteroatoms. The molecule has 2 heterocycles. The highest BCUT2D eigenvalue weighted by atomic mass is 19.1. The summed E-state index contributed by atoms with van der Waals surface area (Å²) in [6.07, 6.45) is 5.41. The minimum Gasteiger partial charge on any atom is -0.351 e. The van der Waals surface area contributed by atoms with Gasteiger partial charge in [-0.05, 0) is 62.3 Å². The van der Waals surface area contributed by atoms with Crippen LogP contribution in [0.25, 0.3) is 11.5 Å². The summed E-state index contributed by atoms with van der Waals surface area (Å²) in [6, 6.07) is 12.9. The Balaban J connectivity index is 1.26. The van der Waals surface area contributed by atoms with E-state index in [1.54, 1.807) is 43.4 Å². The topological polar surface area (TPSA) is 91.6 Å². The smallest absolute Gasteiger partial charge is 0.257 e. The molecule has 3 aromatic rings. The van der Waals surface area contributed by atoms with Crippen molar-refractivity contribution in [2.75, 3.05) is 39.8 Å². The average Bonchev–Trinajstić information content (AvgIpc) is 3.22. The number of hydrogen-bond donors (Lipinski definition) is 1. The number of carbonyl (C=O) groups is 2. The van der Waals surface area contributed by atoms with Gasteiger partial charge in [-0.15, -0.1) is 0 Å². The molecule has 1 aliphatic rings. The van der Waals surface area contributed by atoms with Gasteiger partial charge in [-0.2, -0.15) is 4.98 Å². The molecule has 36 heavy (non-hydrogen) atoms. The zero-order chi connectivity index (χ0) is 25.3. The van der Waals surface area contributed by atoms with Crippen molar-refractivity contribution in [1.82, 2.24) is 25.3 Å². The summed E-state index contributed by atoms with van der Waals surface area (Å²) in [5.41, 5.74) is 1.30. The van der Waals surface area contributed by atoms with Crippen LogP contribution in [0.4, 0.5) is 4.39 Å².